The minimum absolute atomic E-state index is 0.0143. The predicted molar refractivity (Wildman–Crippen MR) is 186 cm³/mol. The molecule has 4 aliphatic rings. The van der Waals surface area contributed by atoms with Crippen LogP contribution in [0.1, 0.15) is 64.0 Å². The molecule has 4 amide bonds. The SMILES string of the molecule is CCN1C2CC1CN(C(=O)C(CCCCN)N1C(=O)C(NC(=O)C(Cc3ccccc3)NC(=O)C(C)(N)Cc3ccccc3)CC1C)C2. The van der Waals surface area contributed by atoms with Crippen LogP contribution < -0.4 is 22.1 Å². The number of fused-ring (bicyclic) bond motifs is 2. The lowest BCUT2D eigenvalue weighted by Crippen LogP contribution is -2.70. The maximum atomic E-state index is 14.1. The molecule has 7 atom stereocenters. The average molecular weight is 660 g/mol. The Morgan fingerprint density at radius 1 is 0.958 bits per heavy atom. The third-order valence-electron chi connectivity index (χ3n) is 10.3. The van der Waals surface area contributed by atoms with Gasteiger partial charge >= 0.3 is 0 Å². The quantitative estimate of drug-likeness (QED) is 0.212. The monoisotopic (exact) mass is 659 g/mol. The van der Waals surface area contributed by atoms with Crippen LogP contribution in [0.3, 0.4) is 0 Å². The number of likely N-dealkylation sites (tertiary alicyclic amines) is 1. The van der Waals surface area contributed by atoms with E-state index < -0.39 is 35.5 Å². The third kappa shape index (κ3) is 8.07. The molecule has 2 aromatic carbocycles. The van der Waals surface area contributed by atoms with E-state index in [1.165, 1.54) is 0 Å². The minimum atomic E-state index is -1.27. The molecule has 11 heteroatoms. The summed E-state index contributed by atoms with van der Waals surface area (Å²) in [5, 5.41) is 5.84. The van der Waals surface area contributed by atoms with Gasteiger partial charge in [-0.2, -0.15) is 0 Å². The number of hydrogen-bond donors (Lipinski definition) is 4. The Labute approximate surface area is 284 Å². The summed E-state index contributed by atoms with van der Waals surface area (Å²) in [5.74, 6) is -1.20. The first-order valence-electron chi connectivity index (χ1n) is 17.6. The summed E-state index contributed by atoms with van der Waals surface area (Å²) >= 11 is 0. The highest BCUT2D eigenvalue weighted by Crippen LogP contribution is 2.33. The van der Waals surface area contributed by atoms with Crippen molar-refractivity contribution in [2.45, 2.75) is 108 Å². The maximum absolute atomic E-state index is 14.1. The summed E-state index contributed by atoms with van der Waals surface area (Å²) in [4.78, 5) is 61.6. The van der Waals surface area contributed by atoms with Crippen LogP contribution in [0.2, 0.25) is 0 Å². The number of rotatable bonds is 15. The van der Waals surface area contributed by atoms with Gasteiger partial charge in [0.25, 0.3) is 0 Å². The van der Waals surface area contributed by atoms with Crippen molar-refractivity contribution in [1.29, 1.82) is 0 Å². The normalized spacial score (nSPS) is 24.7. The van der Waals surface area contributed by atoms with E-state index in [1.807, 2.05) is 72.5 Å². The van der Waals surface area contributed by atoms with Crippen molar-refractivity contribution in [3.8, 4) is 0 Å². The number of nitrogens with two attached hydrogens (primary N) is 2. The van der Waals surface area contributed by atoms with Gasteiger partial charge in [0.05, 0.1) is 5.54 Å². The largest absolute Gasteiger partial charge is 0.342 e. The zero-order valence-corrected chi connectivity index (χ0v) is 28.6. The van der Waals surface area contributed by atoms with Crippen molar-refractivity contribution < 1.29 is 19.2 Å². The molecule has 11 nitrogen and oxygen atoms in total. The molecule has 4 saturated heterocycles. The van der Waals surface area contributed by atoms with Crippen molar-refractivity contribution in [3.63, 3.8) is 0 Å². The molecule has 48 heavy (non-hydrogen) atoms. The number of hydrogen-bond acceptors (Lipinski definition) is 7. The lowest BCUT2D eigenvalue weighted by atomic mass is 9.87. The van der Waals surface area contributed by atoms with Crippen LogP contribution in [-0.4, -0.2) is 106 Å². The summed E-state index contributed by atoms with van der Waals surface area (Å²) < 4.78 is 0. The molecule has 2 aromatic rings. The summed E-state index contributed by atoms with van der Waals surface area (Å²) in [5.41, 5.74) is 12.8. The highest BCUT2D eigenvalue weighted by molar-refractivity contribution is 5.96. The molecule has 7 unspecified atom stereocenters. The van der Waals surface area contributed by atoms with E-state index in [0.29, 0.717) is 51.0 Å². The van der Waals surface area contributed by atoms with Crippen molar-refractivity contribution >= 4 is 23.6 Å². The van der Waals surface area contributed by atoms with Crippen molar-refractivity contribution in [2.24, 2.45) is 11.5 Å². The van der Waals surface area contributed by atoms with Crippen molar-refractivity contribution in [3.05, 3.63) is 71.8 Å². The molecular weight excluding hydrogens is 606 g/mol. The number of amides is 4. The van der Waals surface area contributed by atoms with E-state index >= 15 is 0 Å². The van der Waals surface area contributed by atoms with Gasteiger partial charge in [-0.15, -0.1) is 0 Å². The molecule has 0 saturated carbocycles. The lowest BCUT2D eigenvalue weighted by molar-refractivity contribution is -0.154. The zero-order chi connectivity index (χ0) is 34.4. The molecule has 0 aliphatic carbocycles. The second kappa shape index (κ2) is 15.6. The number of benzene rings is 2. The number of piperazine rings is 1. The summed E-state index contributed by atoms with van der Waals surface area (Å²) in [6.07, 6.45) is 4.02. The smallest absolute Gasteiger partial charge is 0.246 e. The Morgan fingerprint density at radius 3 is 2.19 bits per heavy atom. The van der Waals surface area contributed by atoms with Crippen molar-refractivity contribution in [2.75, 3.05) is 26.2 Å². The number of likely N-dealkylation sites (N-methyl/N-ethyl adjacent to an activating group) is 1. The van der Waals surface area contributed by atoms with Gasteiger partial charge in [0.2, 0.25) is 23.6 Å². The number of carbonyl (C=O) groups excluding carboxylic acids is 4. The van der Waals surface area contributed by atoms with E-state index in [9.17, 15) is 19.2 Å². The summed E-state index contributed by atoms with van der Waals surface area (Å²) in [7, 11) is 0. The van der Waals surface area contributed by atoms with Crippen molar-refractivity contribution in [1.82, 2.24) is 25.3 Å². The van der Waals surface area contributed by atoms with E-state index in [-0.39, 0.29) is 24.3 Å². The second-order valence-electron chi connectivity index (χ2n) is 14.1. The third-order valence-corrected chi connectivity index (χ3v) is 10.3. The standard InChI is InChI=1S/C37H53N7O4/c1-4-43-28-21-29(43)24-42(23-28)35(47)32(17-11-12-18-38)44-25(2)19-31(34(44)46)40-33(45)30(20-26-13-7-5-8-14-26)41-36(48)37(3,39)22-27-15-9-6-10-16-27/h5-10,13-16,25,28-32H,4,11-12,17-24,38-39H2,1-3H3,(H,40,45)(H,41,48). The lowest BCUT2D eigenvalue weighted by Gasteiger charge is -2.56. The number of nitrogens with one attached hydrogen (secondary N) is 2. The summed E-state index contributed by atoms with van der Waals surface area (Å²) in [6.45, 7) is 8.59. The van der Waals surface area contributed by atoms with Gasteiger partial charge in [0, 0.05) is 37.6 Å². The minimum Gasteiger partial charge on any atom is -0.342 e. The van der Waals surface area contributed by atoms with E-state index in [1.54, 1.807) is 11.8 Å². The molecule has 2 bridgehead atoms. The Morgan fingerprint density at radius 2 is 1.58 bits per heavy atom. The fourth-order valence-corrected chi connectivity index (χ4v) is 7.75. The van der Waals surface area contributed by atoms with Gasteiger partial charge in [-0.05, 0) is 76.6 Å². The average Bonchev–Trinajstić information content (AvgIpc) is 3.34. The Kier molecular flexibility index (Phi) is 11.5. The Bertz CT molecular complexity index is 1410. The van der Waals surface area contributed by atoms with Gasteiger partial charge in [0.15, 0.2) is 0 Å². The molecule has 260 valence electrons. The molecular formula is C37H53N7O4. The van der Waals surface area contributed by atoms with Gasteiger partial charge in [-0.25, -0.2) is 0 Å². The second-order valence-corrected chi connectivity index (χ2v) is 14.1. The van der Waals surface area contributed by atoms with Gasteiger partial charge < -0.3 is 31.9 Å². The van der Waals surface area contributed by atoms with Gasteiger partial charge in [-0.1, -0.05) is 67.6 Å². The highest BCUT2D eigenvalue weighted by Gasteiger charge is 2.49. The van der Waals surface area contributed by atoms with Crippen LogP contribution >= 0.6 is 0 Å². The molecule has 0 aromatic heterocycles. The summed E-state index contributed by atoms with van der Waals surface area (Å²) in [6, 6.07) is 17.1. The maximum Gasteiger partial charge on any atom is 0.246 e. The molecule has 4 heterocycles. The van der Waals surface area contributed by atoms with Crippen LogP contribution in [-0.2, 0) is 32.0 Å². The van der Waals surface area contributed by atoms with Gasteiger partial charge in [0.1, 0.15) is 18.1 Å². The molecule has 4 fully saturated rings. The topological polar surface area (TPSA) is 154 Å². The first kappa shape index (κ1) is 35.5. The zero-order valence-electron chi connectivity index (χ0n) is 28.6. The molecule has 0 spiro atoms. The van der Waals surface area contributed by atoms with Crippen LogP contribution in [0, 0.1) is 0 Å². The molecule has 4 aliphatic heterocycles. The number of nitrogens with zero attached hydrogens (tertiary/aromatic N) is 3. The molecule has 6 N–H and O–H groups in total. The number of piperidine rings is 1. The fraction of sp³-hybridized carbons (Fsp3) is 0.568. The molecule has 6 rings (SSSR count). The van der Waals surface area contributed by atoms with Gasteiger partial charge in [-0.3, -0.25) is 24.1 Å². The van der Waals surface area contributed by atoms with E-state index in [0.717, 1.165) is 36.9 Å². The van der Waals surface area contributed by atoms with Crippen LogP contribution in [0.25, 0.3) is 0 Å². The first-order valence-corrected chi connectivity index (χ1v) is 17.6. The predicted octanol–water partition coefficient (Wildman–Crippen LogP) is 1.58. The van der Waals surface area contributed by atoms with Crippen LogP contribution in [0.4, 0.5) is 0 Å². The first-order chi connectivity index (χ1) is 23.0. The number of carbonyl (C=O) groups is 4. The Hall–Kier alpha value is -3.80. The molecule has 0 radical (unpaired) electrons. The number of unbranched alkanes of at least 4 members (excludes halogenated alkanes) is 1. The fourth-order valence-electron chi connectivity index (χ4n) is 7.75. The van der Waals surface area contributed by atoms with E-state index in [4.69, 9.17) is 11.5 Å². The Balaban J connectivity index is 1.29. The van der Waals surface area contributed by atoms with Crippen LogP contribution in [0.5, 0.6) is 0 Å². The highest BCUT2D eigenvalue weighted by atomic mass is 16.2. The van der Waals surface area contributed by atoms with E-state index in [2.05, 4.69) is 22.5 Å². The van der Waals surface area contributed by atoms with Crippen LogP contribution in [0.15, 0.2) is 60.7 Å².